The minimum Gasteiger partial charge on any atom is -0.454 e. The number of ether oxygens (including phenoxy) is 2. The number of likely N-dealkylation sites (N-methyl/N-ethyl adjacent to an activating group) is 1. The van der Waals surface area contributed by atoms with Gasteiger partial charge in [0.1, 0.15) is 0 Å². The Labute approximate surface area is 140 Å². The molecule has 0 radical (unpaired) electrons. The number of fused-ring (bicyclic) bond motifs is 1. The molecule has 2 aliphatic heterocycles. The minimum atomic E-state index is -0.136. The Hall–Kier alpha value is -2.76. The summed E-state index contributed by atoms with van der Waals surface area (Å²) >= 11 is 0. The normalized spacial score (nSPS) is 15.2. The number of hydrogen-bond donors (Lipinski definition) is 0. The predicted molar refractivity (Wildman–Crippen MR) is 88.8 cm³/mol. The maximum atomic E-state index is 12.5. The third-order valence-corrected chi connectivity index (χ3v) is 4.02. The fourth-order valence-corrected chi connectivity index (χ4v) is 2.64. The summed E-state index contributed by atoms with van der Waals surface area (Å²) in [5.74, 6) is 0.929. The fraction of sp³-hybridized carbons (Fsp3) is 0.333. The Morgan fingerprint density at radius 1 is 1.25 bits per heavy atom. The van der Waals surface area contributed by atoms with Crippen molar-refractivity contribution in [1.82, 2.24) is 9.80 Å². The first-order valence-electron chi connectivity index (χ1n) is 7.90. The molecule has 6 heteroatoms. The molecular formula is C18H20N2O4. The molecule has 1 amide bonds. The highest BCUT2D eigenvalue weighted by Crippen LogP contribution is 2.32. The van der Waals surface area contributed by atoms with E-state index < -0.39 is 0 Å². The monoisotopic (exact) mass is 328 g/mol. The number of nitrogens with zero attached hydrogens (tertiary/aromatic N) is 2. The Kier molecular flexibility index (Phi) is 4.55. The Bertz CT molecular complexity index is 724. The minimum absolute atomic E-state index is 0.0195. The molecule has 2 aliphatic rings. The zero-order valence-electron chi connectivity index (χ0n) is 13.8. The van der Waals surface area contributed by atoms with Crippen molar-refractivity contribution in [3.63, 3.8) is 0 Å². The van der Waals surface area contributed by atoms with Crippen LogP contribution in [0.25, 0.3) is 0 Å². The molecule has 0 N–H and O–H groups in total. The van der Waals surface area contributed by atoms with Gasteiger partial charge < -0.3 is 19.3 Å². The van der Waals surface area contributed by atoms with E-state index in [1.54, 1.807) is 25.2 Å². The molecule has 3 rings (SSSR count). The van der Waals surface area contributed by atoms with Crippen molar-refractivity contribution in [3.05, 3.63) is 47.8 Å². The highest BCUT2D eigenvalue weighted by atomic mass is 16.7. The molecular weight excluding hydrogens is 308 g/mol. The molecule has 0 fully saturated rings. The lowest BCUT2D eigenvalue weighted by Gasteiger charge is -2.23. The van der Waals surface area contributed by atoms with E-state index in [4.69, 9.17) is 9.47 Å². The summed E-state index contributed by atoms with van der Waals surface area (Å²) in [6, 6.07) is 5.06. The van der Waals surface area contributed by atoms with Crippen LogP contribution in [0.1, 0.15) is 23.7 Å². The summed E-state index contributed by atoms with van der Waals surface area (Å²) in [7, 11) is 1.64. The number of carbonyl (C=O) groups excluding carboxylic acids is 2. The average molecular weight is 328 g/mol. The maximum Gasteiger partial charge on any atom is 0.251 e. The van der Waals surface area contributed by atoms with Crippen LogP contribution in [-0.4, -0.2) is 48.4 Å². The average Bonchev–Trinajstić information content (AvgIpc) is 3.08. The predicted octanol–water partition coefficient (Wildman–Crippen LogP) is 2.18. The van der Waals surface area contributed by atoms with Crippen molar-refractivity contribution in [2.24, 2.45) is 0 Å². The number of hydrogen-bond acceptors (Lipinski definition) is 5. The van der Waals surface area contributed by atoms with Gasteiger partial charge in [0.2, 0.25) is 6.79 Å². The lowest BCUT2D eigenvalue weighted by Crippen LogP contribution is -2.34. The van der Waals surface area contributed by atoms with Crippen molar-refractivity contribution in [1.29, 1.82) is 0 Å². The number of rotatable bonds is 5. The second-order valence-corrected chi connectivity index (χ2v) is 5.73. The van der Waals surface area contributed by atoms with Crippen molar-refractivity contribution in [3.8, 4) is 11.5 Å². The van der Waals surface area contributed by atoms with Crippen LogP contribution in [0.2, 0.25) is 0 Å². The van der Waals surface area contributed by atoms with Gasteiger partial charge in [0.15, 0.2) is 17.3 Å². The molecule has 0 atom stereocenters. The SMILES string of the molecule is CCN1C=CCC(C(=O)N(C)CC(=O)c2ccc3c(c2)OCO3)=C1. The summed E-state index contributed by atoms with van der Waals surface area (Å²) in [5.41, 5.74) is 1.19. The summed E-state index contributed by atoms with van der Waals surface area (Å²) in [5, 5.41) is 0. The van der Waals surface area contributed by atoms with Crippen LogP contribution in [0.5, 0.6) is 11.5 Å². The molecule has 0 saturated carbocycles. The smallest absolute Gasteiger partial charge is 0.251 e. The van der Waals surface area contributed by atoms with Gasteiger partial charge in [-0.25, -0.2) is 0 Å². The van der Waals surface area contributed by atoms with Gasteiger partial charge in [0, 0.05) is 30.9 Å². The molecule has 2 heterocycles. The lowest BCUT2D eigenvalue weighted by atomic mass is 10.1. The molecule has 1 aromatic carbocycles. The van der Waals surface area contributed by atoms with Crippen molar-refractivity contribution in [2.75, 3.05) is 26.9 Å². The third kappa shape index (κ3) is 3.27. The van der Waals surface area contributed by atoms with Gasteiger partial charge in [0.05, 0.1) is 6.54 Å². The van der Waals surface area contributed by atoms with Gasteiger partial charge in [0.25, 0.3) is 5.91 Å². The molecule has 6 nitrogen and oxygen atoms in total. The molecule has 0 aromatic heterocycles. The fourth-order valence-electron chi connectivity index (χ4n) is 2.64. The first kappa shape index (κ1) is 16.1. The van der Waals surface area contributed by atoms with Gasteiger partial charge in [-0.1, -0.05) is 6.08 Å². The molecule has 126 valence electrons. The standard InChI is InChI=1S/C18H20N2O4/c1-3-20-8-4-5-14(10-20)18(22)19(2)11-15(21)13-6-7-16-17(9-13)24-12-23-16/h4,6-10H,3,5,11-12H2,1-2H3. The Balaban J connectivity index is 1.66. The van der Waals surface area contributed by atoms with Crippen LogP contribution in [-0.2, 0) is 4.79 Å². The van der Waals surface area contributed by atoms with E-state index in [0.29, 0.717) is 29.1 Å². The summed E-state index contributed by atoms with van der Waals surface area (Å²) in [4.78, 5) is 28.3. The van der Waals surface area contributed by atoms with E-state index in [9.17, 15) is 9.59 Å². The Morgan fingerprint density at radius 2 is 2.04 bits per heavy atom. The van der Waals surface area contributed by atoms with E-state index in [1.165, 1.54) is 4.90 Å². The zero-order chi connectivity index (χ0) is 17.1. The van der Waals surface area contributed by atoms with Crippen LogP contribution < -0.4 is 9.47 Å². The number of Topliss-reactive ketones (excluding diaryl/α,β-unsaturated/α-hetero) is 1. The van der Waals surface area contributed by atoms with Crippen molar-refractivity contribution >= 4 is 11.7 Å². The molecule has 24 heavy (non-hydrogen) atoms. The van der Waals surface area contributed by atoms with Gasteiger partial charge in [-0.15, -0.1) is 0 Å². The molecule has 0 spiro atoms. The summed E-state index contributed by atoms with van der Waals surface area (Å²) in [6.07, 6.45) is 6.32. The highest BCUT2D eigenvalue weighted by Gasteiger charge is 2.21. The number of ketones is 1. The number of allylic oxidation sites excluding steroid dienone is 1. The van der Waals surface area contributed by atoms with Gasteiger partial charge in [-0.3, -0.25) is 9.59 Å². The van der Waals surface area contributed by atoms with E-state index in [0.717, 1.165) is 6.54 Å². The number of benzene rings is 1. The van der Waals surface area contributed by atoms with Crippen LogP contribution in [0, 0.1) is 0 Å². The molecule has 0 saturated heterocycles. The van der Waals surface area contributed by atoms with Crippen LogP contribution in [0.15, 0.2) is 42.2 Å². The maximum absolute atomic E-state index is 12.5. The van der Waals surface area contributed by atoms with Crippen LogP contribution in [0.4, 0.5) is 0 Å². The highest BCUT2D eigenvalue weighted by molar-refractivity contribution is 6.02. The lowest BCUT2D eigenvalue weighted by molar-refractivity contribution is -0.125. The van der Waals surface area contributed by atoms with Gasteiger partial charge >= 0.3 is 0 Å². The summed E-state index contributed by atoms with van der Waals surface area (Å²) in [6.45, 7) is 3.00. The zero-order valence-corrected chi connectivity index (χ0v) is 13.8. The van der Waals surface area contributed by atoms with Gasteiger partial charge in [-0.05, 0) is 37.7 Å². The first-order chi connectivity index (χ1) is 11.6. The van der Waals surface area contributed by atoms with E-state index in [-0.39, 0.29) is 25.0 Å². The van der Waals surface area contributed by atoms with E-state index in [2.05, 4.69) is 0 Å². The second-order valence-electron chi connectivity index (χ2n) is 5.73. The second kappa shape index (κ2) is 6.78. The third-order valence-electron chi connectivity index (χ3n) is 4.02. The largest absolute Gasteiger partial charge is 0.454 e. The Morgan fingerprint density at radius 3 is 2.83 bits per heavy atom. The first-order valence-corrected chi connectivity index (χ1v) is 7.90. The molecule has 0 bridgehead atoms. The number of amides is 1. The molecule has 0 unspecified atom stereocenters. The van der Waals surface area contributed by atoms with E-state index in [1.807, 2.05) is 30.3 Å². The van der Waals surface area contributed by atoms with Crippen molar-refractivity contribution in [2.45, 2.75) is 13.3 Å². The number of carbonyl (C=O) groups is 2. The quantitative estimate of drug-likeness (QED) is 0.776. The van der Waals surface area contributed by atoms with E-state index >= 15 is 0 Å². The van der Waals surface area contributed by atoms with Crippen LogP contribution in [0.3, 0.4) is 0 Å². The topological polar surface area (TPSA) is 59.1 Å². The van der Waals surface area contributed by atoms with Crippen molar-refractivity contribution < 1.29 is 19.1 Å². The molecule has 0 aliphatic carbocycles. The van der Waals surface area contributed by atoms with Crippen LogP contribution >= 0.6 is 0 Å². The summed E-state index contributed by atoms with van der Waals surface area (Å²) < 4.78 is 10.5. The van der Waals surface area contributed by atoms with Gasteiger partial charge in [-0.2, -0.15) is 0 Å². The molecule has 1 aromatic rings.